The van der Waals surface area contributed by atoms with Crippen molar-refractivity contribution in [1.29, 1.82) is 5.26 Å². The van der Waals surface area contributed by atoms with Gasteiger partial charge in [-0.05, 0) is 60.9 Å². The molecule has 5 nitrogen and oxygen atoms in total. The third-order valence-corrected chi connectivity index (χ3v) is 7.89. The molecule has 11 heteroatoms. The fourth-order valence-electron chi connectivity index (χ4n) is 5.51. The van der Waals surface area contributed by atoms with Crippen LogP contribution in [-0.4, -0.2) is 21.3 Å². The van der Waals surface area contributed by atoms with Crippen LogP contribution in [0.5, 0.6) is 0 Å². The minimum atomic E-state index is -4.88. The molecule has 1 saturated heterocycles. The highest BCUT2D eigenvalue weighted by atomic mass is 19.4. The molecule has 1 aromatic heterocycles. The lowest BCUT2D eigenvalue weighted by Gasteiger charge is -2.47. The summed E-state index contributed by atoms with van der Waals surface area (Å²) in [7, 11) is 0. The Labute approximate surface area is 222 Å². The molecule has 0 radical (unpaired) electrons. The highest BCUT2D eigenvalue weighted by Gasteiger charge is 2.44. The van der Waals surface area contributed by atoms with E-state index in [4.69, 9.17) is 0 Å². The van der Waals surface area contributed by atoms with Crippen molar-refractivity contribution < 1.29 is 26.3 Å². The highest BCUT2D eigenvalue weighted by Crippen LogP contribution is 2.43. The second-order valence-corrected chi connectivity index (χ2v) is 10.4. The lowest BCUT2D eigenvalue weighted by Crippen LogP contribution is -2.56. The Morgan fingerprint density at radius 1 is 0.974 bits per heavy atom. The lowest BCUT2D eigenvalue weighted by atomic mass is 9.72. The molecular formula is C28H29F6N5. The summed E-state index contributed by atoms with van der Waals surface area (Å²) in [6.45, 7) is 2.13. The smallest absolute Gasteiger partial charge is 0.312 e. The number of halogens is 6. The molecule has 3 atom stereocenters. The predicted molar refractivity (Wildman–Crippen MR) is 132 cm³/mol. The second-order valence-electron chi connectivity index (χ2n) is 10.4. The van der Waals surface area contributed by atoms with Crippen molar-refractivity contribution in [3.63, 3.8) is 0 Å². The summed E-state index contributed by atoms with van der Waals surface area (Å²) in [5, 5.41) is 21.0. The molecule has 4 rings (SSSR count). The molecule has 0 amide bonds. The van der Waals surface area contributed by atoms with E-state index >= 15 is 0 Å². The van der Waals surface area contributed by atoms with Gasteiger partial charge >= 0.3 is 12.4 Å². The largest absolute Gasteiger partial charge is 0.416 e. The molecular weight excluding hydrogens is 520 g/mol. The third kappa shape index (κ3) is 6.27. The number of piperidine rings is 1. The van der Waals surface area contributed by atoms with Gasteiger partial charge in [-0.15, -0.1) is 10.2 Å². The van der Waals surface area contributed by atoms with Crippen molar-refractivity contribution in [1.82, 2.24) is 20.1 Å². The zero-order valence-electron chi connectivity index (χ0n) is 21.4. The molecule has 0 aliphatic carbocycles. The van der Waals surface area contributed by atoms with Crippen LogP contribution in [0.2, 0.25) is 0 Å². The first-order valence-corrected chi connectivity index (χ1v) is 12.7. The number of hydrogen-bond donors (Lipinski definition) is 1. The van der Waals surface area contributed by atoms with Crippen LogP contribution in [0.15, 0.2) is 61.2 Å². The molecule has 1 N–H and O–H groups in total. The normalized spacial score (nSPS) is 22.8. The van der Waals surface area contributed by atoms with Gasteiger partial charge < -0.3 is 9.88 Å². The maximum absolute atomic E-state index is 13.3. The van der Waals surface area contributed by atoms with E-state index in [1.54, 1.807) is 19.6 Å². The second kappa shape index (κ2) is 11.0. The molecule has 3 aromatic rings. The predicted octanol–water partition coefficient (Wildman–Crippen LogP) is 7.18. The summed E-state index contributed by atoms with van der Waals surface area (Å²) in [4.78, 5) is 0. The van der Waals surface area contributed by atoms with Gasteiger partial charge in [0.15, 0.2) is 0 Å². The molecule has 0 bridgehead atoms. The first-order chi connectivity index (χ1) is 18.4. The molecule has 2 aromatic carbocycles. The van der Waals surface area contributed by atoms with Crippen LogP contribution in [0.3, 0.4) is 0 Å². The third-order valence-electron chi connectivity index (χ3n) is 7.89. The van der Waals surface area contributed by atoms with Crippen LogP contribution in [0.25, 0.3) is 0 Å². The zero-order chi connectivity index (χ0) is 28.3. The van der Waals surface area contributed by atoms with Crippen LogP contribution < -0.4 is 5.32 Å². The van der Waals surface area contributed by atoms with Crippen LogP contribution in [0.4, 0.5) is 26.3 Å². The average molecular weight is 550 g/mol. The van der Waals surface area contributed by atoms with Crippen molar-refractivity contribution in [2.45, 2.75) is 74.8 Å². The van der Waals surface area contributed by atoms with Crippen LogP contribution in [0, 0.1) is 11.3 Å². The van der Waals surface area contributed by atoms with E-state index in [9.17, 15) is 31.6 Å². The topological polar surface area (TPSA) is 66.5 Å². The van der Waals surface area contributed by atoms with Gasteiger partial charge in [0.05, 0.1) is 29.2 Å². The van der Waals surface area contributed by atoms with Crippen molar-refractivity contribution in [3.05, 3.63) is 83.4 Å². The van der Waals surface area contributed by atoms with Crippen molar-refractivity contribution in [2.24, 2.45) is 0 Å². The Balaban J connectivity index is 1.53. The van der Waals surface area contributed by atoms with Gasteiger partial charge in [-0.2, -0.15) is 31.6 Å². The Hall–Kier alpha value is -3.39. The Bertz CT molecular complexity index is 1240. The van der Waals surface area contributed by atoms with Crippen molar-refractivity contribution in [2.75, 3.05) is 6.54 Å². The molecule has 0 spiro atoms. The number of nitriles is 1. The van der Waals surface area contributed by atoms with Crippen LogP contribution in [0.1, 0.15) is 73.6 Å². The minimum absolute atomic E-state index is 0.0168. The summed E-state index contributed by atoms with van der Waals surface area (Å²) >= 11 is 0. The van der Waals surface area contributed by atoms with E-state index in [1.165, 1.54) is 0 Å². The summed E-state index contributed by atoms with van der Waals surface area (Å²) in [5.74, 6) is -0.514. The fourth-order valence-corrected chi connectivity index (χ4v) is 5.51. The number of nitrogens with zero attached hydrogens (tertiary/aromatic N) is 4. The maximum Gasteiger partial charge on any atom is 0.416 e. The quantitative estimate of drug-likeness (QED) is 0.303. The van der Waals surface area contributed by atoms with Gasteiger partial charge in [0.1, 0.15) is 12.7 Å². The number of aromatic nitrogens is 3. The fraction of sp³-hybridized carbons (Fsp3) is 0.464. The lowest BCUT2D eigenvalue weighted by molar-refractivity contribution is -0.143. The number of alkyl halides is 6. The summed E-state index contributed by atoms with van der Waals surface area (Å²) in [6.07, 6.45) is -3.36. The van der Waals surface area contributed by atoms with Gasteiger partial charge in [-0.1, -0.05) is 43.7 Å². The number of hydrogen-bond acceptors (Lipinski definition) is 4. The van der Waals surface area contributed by atoms with Crippen LogP contribution in [-0.2, 0) is 23.4 Å². The highest BCUT2D eigenvalue weighted by molar-refractivity contribution is 5.35. The zero-order valence-corrected chi connectivity index (χ0v) is 21.4. The molecule has 39 heavy (non-hydrogen) atoms. The molecule has 2 heterocycles. The summed E-state index contributed by atoms with van der Waals surface area (Å²) < 4.78 is 81.9. The van der Waals surface area contributed by atoms with Gasteiger partial charge in [0.2, 0.25) is 0 Å². The minimum Gasteiger partial charge on any atom is -0.312 e. The van der Waals surface area contributed by atoms with E-state index in [2.05, 4.69) is 21.6 Å². The SMILES string of the molecule is C[C@@H](CCC[C@@]1(c2ccccc2)CC[C@](CC#N)(n2cnnc2)CN1)c1cc(C(F)(F)F)cc(C(F)(F)F)c1. The summed E-state index contributed by atoms with van der Waals surface area (Å²) in [5.41, 5.74) is -2.50. The van der Waals surface area contributed by atoms with Gasteiger partial charge in [-0.3, -0.25) is 0 Å². The summed E-state index contributed by atoms with van der Waals surface area (Å²) in [6, 6.07) is 13.9. The first-order valence-electron chi connectivity index (χ1n) is 12.7. The monoisotopic (exact) mass is 549 g/mol. The Morgan fingerprint density at radius 3 is 2.10 bits per heavy atom. The molecule has 1 aliphatic heterocycles. The maximum atomic E-state index is 13.3. The number of benzene rings is 2. The molecule has 1 fully saturated rings. The molecule has 208 valence electrons. The van der Waals surface area contributed by atoms with Crippen molar-refractivity contribution >= 4 is 0 Å². The van der Waals surface area contributed by atoms with Gasteiger partial charge in [0.25, 0.3) is 0 Å². The van der Waals surface area contributed by atoms with Crippen LogP contribution >= 0.6 is 0 Å². The Morgan fingerprint density at radius 2 is 1.59 bits per heavy atom. The number of rotatable bonds is 8. The average Bonchev–Trinajstić information content (AvgIpc) is 3.45. The van der Waals surface area contributed by atoms with Gasteiger partial charge in [0, 0.05) is 12.1 Å². The first kappa shape index (κ1) is 28.6. The molecule has 0 saturated carbocycles. The van der Waals surface area contributed by atoms with E-state index in [1.807, 2.05) is 34.9 Å². The van der Waals surface area contributed by atoms with E-state index in [-0.39, 0.29) is 18.1 Å². The Kier molecular flexibility index (Phi) is 8.07. The van der Waals surface area contributed by atoms with E-state index < -0.39 is 40.5 Å². The standard InChI is InChI=1S/C28H29F6N5/c1-20(21-14-23(27(29,30)31)16-24(15-21)28(32,33)34)6-5-9-26(22-7-3-2-4-8-22)11-10-25(12-13-35,17-36-26)39-18-37-38-19-39/h2-4,7-8,14-16,18-20,36H,5-6,9-12,17H2,1H3/t20-,25+,26-/m0/s1. The molecule has 0 unspecified atom stereocenters. The van der Waals surface area contributed by atoms with E-state index in [0.29, 0.717) is 38.6 Å². The molecule has 1 aliphatic rings. The number of nitrogens with one attached hydrogen (secondary N) is 1. The van der Waals surface area contributed by atoms with Gasteiger partial charge in [-0.25, -0.2) is 0 Å². The van der Waals surface area contributed by atoms with E-state index in [0.717, 1.165) is 17.7 Å². The van der Waals surface area contributed by atoms with Crippen molar-refractivity contribution in [3.8, 4) is 6.07 Å².